The van der Waals surface area contributed by atoms with E-state index in [4.69, 9.17) is 0 Å². The molecule has 1 aliphatic carbocycles. The van der Waals surface area contributed by atoms with E-state index in [1.54, 1.807) is 13.4 Å². The maximum absolute atomic E-state index is 12.2. The maximum atomic E-state index is 12.2. The Morgan fingerprint density at radius 2 is 1.74 bits per heavy atom. The van der Waals surface area contributed by atoms with Gasteiger partial charge in [-0.2, -0.15) is 5.10 Å². The molecule has 0 spiro atoms. The minimum absolute atomic E-state index is 0.00964. The minimum atomic E-state index is -0.00964. The summed E-state index contributed by atoms with van der Waals surface area (Å²) in [5.41, 5.74) is 2.98. The van der Waals surface area contributed by atoms with Crippen LogP contribution in [-0.2, 0) is 7.05 Å². The Hall–Kier alpha value is -2.96. The third kappa shape index (κ3) is 3.03. The third-order valence-electron chi connectivity index (χ3n) is 5.54. The molecule has 2 fully saturated rings. The Balaban J connectivity index is 1.30. The minimum Gasteiger partial charge on any atom is -0.368 e. The first-order valence-corrected chi connectivity index (χ1v) is 9.48. The molecule has 0 bridgehead atoms. The summed E-state index contributed by atoms with van der Waals surface area (Å²) in [5.74, 6) is 1.60. The molecule has 3 aromatic rings. The van der Waals surface area contributed by atoms with E-state index in [1.165, 1.54) is 17.4 Å². The Labute approximate surface area is 157 Å². The zero-order valence-electron chi connectivity index (χ0n) is 15.4. The Kier molecular flexibility index (Phi) is 3.81. The highest BCUT2D eigenvalue weighted by atomic mass is 16.1. The molecule has 2 aromatic heterocycles. The van der Waals surface area contributed by atoms with E-state index in [0.717, 1.165) is 48.9 Å². The fourth-order valence-corrected chi connectivity index (χ4v) is 3.69. The van der Waals surface area contributed by atoms with E-state index in [2.05, 4.69) is 37.1 Å². The van der Waals surface area contributed by atoms with Crippen molar-refractivity contribution < 1.29 is 0 Å². The monoisotopic (exact) mass is 362 g/mol. The lowest BCUT2D eigenvalue weighted by atomic mass is 10.2. The number of piperazine rings is 1. The molecule has 1 saturated carbocycles. The summed E-state index contributed by atoms with van der Waals surface area (Å²) in [4.78, 5) is 21.2. The number of anilines is 2. The summed E-state index contributed by atoms with van der Waals surface area (Å²) in [7, 11) is 1.72. The molecule has 5 rings (SSSR count). The number of hydrogen-bond donors (Lipinski definition) is 0. The van der Waals surface area contributed by atoms with Gasteiger partial charge in [0.15, 0.2) is 5.82 Å². The summed E-state index contributed by atoms with van der Waals surface area (Å²) in [6.45, 7) is 3.61. The molecule has 7 nitrogen and oxygen atoms in total. The van der Waals surface area contributed by atoms with Gasteiger partial charge in [0.1, 0.15) is 0 Å². The van der Waals surface area contributed by atoms with Gasteiger partial charge < -0.3 is 14.4 Å². The van der Waals surface area contributed by atoms with E-state index in [1.807, 2.05) is 18.2 Å². The molecular formula is C20H22N6O. The highest BCUT2D eigenvalue weighted by molar-refractivity contribution is 5.81. The first-order valence-electron chi connectivity index (χ1n) is 9.48. The first-order chi connectivity index (χ1) is 13.2. The van der Waals surface area contributed by atoms with Crippen molar-refractivity contribution in [3.05, 3.63) is 52.7 Å². The fourth-order valence-electron chi connectivity index (χ4n) is 3.69. The van der Waals surface area contributed by atoms with Gasteiger partial charge in [0.25, 0.3) is 5.56 Å². The second-order valence-corrected chi connectivity index (χ2v) is 7.43. The van der Waals surface area contributed by atoms with Gasteiger partial charge in [0.2, 0.25) is 0 Å². The predicted molar refractivity (Wildman–Crippen MR) is 105 cm³/mol. The number of rotatable bonds is 3. The second kappa shape index (κ2) is 6.33. The molecule has 0 amide bonds. The van der Waals surface area contributed by atoms with Crippen molar-refractivity contribution in [3.8, 4) is 0 Å². The standard InChI is InChI=1S/C20H22N6O/c1-24-13-21-18-12-15(4-5-16(18)20(24)27)25-8-10-26(11-9-25)19-7-6-17(22-23-19)14-2-3-14/h4-7,12-14H,2-3,8-11H2,1H3. The summed E-state index contributed by atoms with van der Waals surface area (Å²) in [5, 5.41) is 9.49. The average molecular weight is 362 g/mol. The van der Waals surface area contributed by atoms with Gasteiger partial charge >= 0.3 is 0 Å². The highest BCUT2D eigenvalue weighted by Crippen LogP contribution is 2.38. The molecule has 0 unspecified atom stereocenters. The molecule has 0 radical (unpaired) electrons. The lowest BCUT2D eigenvalue weighted by molar-refractivity contribution is 0.642. The average Bonchev–Trinajstić information content (AvgIpc) is 3.56. The summed E-state index contributed by atoms with van der Waals surface area (Å²) in [6.07, 6.45) is 4.08. The summed E-state index contributed by atoms with van der Waals surface area (Å²) >= 11 is 0. The number of benzene rings is 1. The van der Waals surface area contributed by atoms with Crippen molar-refractivity contribution in [2.45, 2.75) is 18.8 Å². The van der Waals surface area contributed by atoms with Crippen LogP contribution in [0.15, 0.2) is 41.5 Å². The molecule has 138 valence electrons. The van der Waals surface area contributed by atoms with Crippen molar-refractivity contribution in [2.24, 2.45) is 7.05 Å². The van der Waals surface area contributed by atoms with Crippen LogP contribution >= 0.6 is 0 Å². The van der Waals surface area contributed by atoms with Gasteiger partial charge in [-0.05, 0) is 43.2 Å². The van der Waals surface area contributed by atoms with E-state index in [9.17, 15) is 4.79 Å². The van der Waals surface area contributed by atoms with Crippen LogP contribution in [0.2, 0.25) is 0 Å². The molecular weight excluding hydrogens is 340 g/mol. The van der Waals surface area contributed by atoms with Crippen LogP contribution in [0, 0.1) is 0 Å². The first kappa shape index (κ1) is 16.2. The second-order valence-electron chi connectivity index (χ2n) is 7.43. The zero-order chi connectivity index (χ0) is 18.4. The fraction of sp³-hybridized carbons (Fsp3) is 0.400. The Morgan fingerprint density at radius 1 is 0.963 bits per heavy atom. The van der Waals surface area contributed by atoms with Crippen molar-refractivity contribution in [1.29, 1.82) is 0 Å². The van der Waals surface area contributed by atoms with Gasteiger partial charge in [-0.25, -0.2) is 4.98 Å². The molecule has 1 aromatic carbocycles. The molecule has 3 heterocycles. The van der Waals surface area contributed by atoms with Gasteiger partial charge in [-0.3, -0.25) is 4.79 Å². The van der Waals surface area contributed by atoms with Gasteiger partial charge in [-0.15, -0.1) is 5.10 Å². The molecule has 0 atom stereocenters. The molecule has 7 heteroatoms. The zero-order valence-corrected chi connectivity index (χ0v) is 15.4. The maximum Gasteiger partial charge on any atom is 0.260 e. The molecule has 2 aliphatic rings. The van der Waals surface area contributed by atoms with Crippen molar-refractivity contribution >= 4 is 22.4 Å². The number of nitrogens with zero attached hydrogens (tertiary/aromatic N) is 6. The van der Waals surface area contributed by atoms with E-state index < -0.39 is 0 Å². The number of fused-ring (bicyclic) bond motifs is 1. The summed E-state index contributed by atoms with van der Waals surface area (Å²) in [6, 6.07) is 10.1. The van der Waals surface area contributed by atoms with Crippen LogP contribution in [0.3, 0.4) is 0 Å². The SMILES string of the molecule is Cn1cnc2cc(N3CCN(c4ccc(C5CC5)nn4)CC3)ccc2c1=O. The molecule has 1 saturated heterocycles. The lowest BCUT2D eigenvalue weighted by Crippen LogP contribution is -2.46. The van der Waals surface area contributed by atoms with Gasteiger partial charge in [0, 0.05) is 44.8 Å². The van der Waals surface area contributed by atoms with Crippen LogP contribution in [-0.4, -0.2) is 45.9 Å². The van der Waals surface area contributed by atoms with Crippen LogP contribution < -0.4 is 15.4 Å². The Bertz CT molecular complexity index is 1030. The Morgan fingerprint density at radius 3 is 2.44 bits per heavy atom. The van der Waals surface area contributed by atoms with Crippen molar-refractivity contribution in [2.75, 3.05) is 36.0 Å². The van der Waals surface area contributed by atoms with Crippen molar-refractivity contribution in [1.82, 2.24) is 19.7 Å². The largest absolute Gasteiger partial charge is 0.368 e. The topological polar surface area (TPSA) is 67.2 Å². The number of aromatic nitrogens is 4. The van der Waals surface area contributed by atoms with E-state index >= 15 is 0 Å². The summed E-state index contributed by atoms with van der Waals surface area (Å²) < 4.78 is 1.51. The van der Waals surface area contributed by atoms with Gasteiger partial charge in [0.05, 0.1) is 22.9 Å². The number of aryl methyl sites for hydroxylation is 1. The predicted octanol–water partition coefficient (Wildman–Crippen LogP) is 1.93. The molecule has 0 N–H and O–H groups in total. The highest BCUT2D eigenvalue weighted by Gasteiger charge is 2.26. The lowest BCUT2D eigenvalue weighted by Gasteiger charge is -2.36. The van der Waals surface area contributed by atoms with Gasteiger partial charge in [-0.1, -0.05) is 0 Å². The third-order valence-corrected chi connectivity index (χ3v) is 5.54. The van der Waals surface area contributed by atoms with Crippen LogP contribution in [0.25, 0.3) is 10.9 Å². The quantitative estimate of drug-likeness (QED) is 0.709. The van der Waals surface area contributed by atoms with Crippen LogP contribution in [0.5, 0.6) is 0 Å². The van der Waals surface area contributed by atoms with Crippen LogP contribution in [0.1, 0.15) is 24.5 Å². The molecule has 27 heavy (non-hydrogen) atoms. The molecule has 1 aliphatic heterocycles. The van der Waals surface area contributed by atoms with Crippen LogP contribution in [0.4, 0.5) is 11.5 Å². The smallest absolute Gasteiger partial charge is 0.260 e. The van der Waals surface area contributed by atoms with Crippen molar-refractivity contribution in [3.63, 3.8) is 0 Å². The van der Waals surface area contributed by atoms with E-state index in [-0.39, 0.29) is 5.56 Å². The normalized spacial score (nSPS) is 17.5. The van der Waals surface area contributed by atoms with E-state index in [0.29, 0.717) is 11.3 Å². The number of hydrogen-bond acceptors (Lipinski definition) is 6.